The highest BCUT2D eigenvalue weighted by molar-refractivity contribution is 7.91. The van der Waals surface area contributed by atoms with Gasteiger partial charge in [-0.1, -0.05) is 59.1 Å². The number of amides is 1. The Morgan fingerprint density at radius 2 is 1.64 bits per heavy atom. The maximum atomic E-state index is 15.2. The number of rotatable bonds is 5. The lowest BCUT2D eigenvalue weighted by Gasteiger charge is -2.44. The van der Waals surface area contributed by atoms with Crippen molar-refractivity contribution in [3.05, 3.63) is 68.2 Å². The SMILES string of the molecule is CS(=O)(=O)CC(=O)N1CC(F)(c2ccc(C3CC(c4cc(Cl)c(Cl)c(Cl)c4)(C(F)(F)F)N=N3)cc2)C1. The average Bonchev–Trinajstić information content (AvgIpc) is 3.21. The number of alkyl halides is 4. The Bertz CT molecular complexity index is 1320. The Morgan fingerprint density at radius 3 is 2.14 bits per heavy atom. The zero-order chi connectivity index (χ0) is 26.7. The zero-order valence-electron chi connectivity index (χ0n) is 18.5. The molecule has 0 aliphatic carbocycles. The van der Waals surface area contributed by atoms with Gasteiger partial charge in [0, 0.05) is 12.7 Å². The van der Waals surface area contributed by atoms with Crippen LogP contribution >= 0.6 is 34.8 Å². The fourth-order valence-corrected chi connectivity index (χ4v) is 5.48. The molecule has 4 rings (SSSR count). The normalized spacial score (nSPS) is 23.6. The number of benzene rings is 2. The van der Waals surface area contributed by atoms with Crippen molar-refractivity contribution in [2.45, 2.75) is 29.8 Å². The van der Waals surface area contributed by atoms with Crippen LogP contribution in [0, 0.1) is 0 Å². The van der Waals surface area contributed by atoms with Gasteiger partial charge in [-0.15, -0.1) is 0 Å². The lowest BCUT2D eigenvalue weighted by Crippen LogP contribution is -2.59. The summed E-state index contributed by atoms with van der Waals surface area (Å²) in [5.41, 5.74) is -4.29. The van der Waals surface area contributed by atoms with Crippen molar-refractivity contribution in [2.75, 3.05) is 25.1 Å². The third kappa shape index (κ3) is 4.94. The number of sulfone groups is 1. The molecule has 2 unspecified atom stereocenters. The Hall–Kier alpha value is -1.95. The first kappa shape index (κ1) is 27.1. The number of carbonyl (C=O) groups excluding carboxylic acids is 1. The van der Waals surface area contributed by atoms with Gasteiger partial charge in [-0.25, -0.2) is 12.8 Å². The first-order valence-corrected chi connectivity index (χ1v) is 13.6. The lowest BCUT2D eigenvalue weighted by atomic mass is 9.82. The van der Waals surface area contributed by atoms with E-state index in [1.165, 1.54) is 24.3 Å². The number of carbonyl (C=O) groups is 1. The molecule has 1 amide bonds. The van der Waals surface area contributed by atoms with Crippen LogP contribution in [0.2, 0.25) is 15.1 Å². The summed E-state index contributed by atoms with van der Waals surface area (Å²) in [6.45, 7) is -0.641. The number of likely N-dealkylation sites (tertiary alicyclic amines) is 1. The molecule has 0 N–H and O–H groups in total. The van der Waals surface area contributed by atoms with E-state index in [9.17, 15) is 26.4 Å². The van der Waals surface area contributed by atoms with E-state index in [-0.39, 0.29) is 39.3 Å². The molecule has 0 bridgehead atoms. The molecule has 2 aliphatic heterocycles. The molecule has 0 spiro atoms. The van der Waals surface area contributed by atoms with Crippen molar-refractivity contribution < 1.29 is 30.8 Å². The number of azo groups is 1. The lowest BCUT2D eigenvalue weighted by molar-refractivity contribution is -0.188. The Kier molecular flexibility index (Phi) is 6.86. The summed E-state index contributed by atoms with van der Waals surface area (Å²) in [4.78, 5) is 13.0. The first-order chi connectivity index (χ1) is 16.5. The van der Waals surface area contributed by atoms with E-state index in [1.54, 1.807) is 0 Å². The summed E-state index contributed by atoms with van der Waals surface area (Å²) >= 11 is 17.8. The molecule has 0 aromatic heterocycles. The van der Waals surface area contributed by atoms with Crippen molar-refractivity contribution in [1.29, 1.82) is 0 Å². The van der Waals surface area contributed by atoms with Crippen LogP contribution in [0.5, 0.6) is 0 Å². The van der Waals surface area contributed by atoms with Gasteiger partial charge in [0.15, 0.2) is 15.5 Å². The highest BCUT2D eigenvalue weighted by Gasteiger charge is 2.60. The summed E-state index contributed by atoms with van der Waals surface area (Å²) in [6, 6.07) is 6.88. The van der Waals surface area contributed by atoms with Crippen molar-refractivity contribution in [2.24, 2.45) is 10.2 Å². The van der Waals surface area contributed by atoms with Gasteiger partial charge in [-0.05, 0) is 28.8 Å². The molecule has 2 heterocycles. The second-order valence-corrected chi connectivity index (χ2v) is 12.3. The molecular weight excluding hydrogens is 569 g/mol. The Morgan fingerprint density at radius 1 is 1.08 bits per heavy atom. The summed E-state index contributed by atoms with van der Waals surface area (Å²) in [7, 11) is -3.54. The molecule has 1 saturated heterocycles. The summed E-state index contributed by atoms with van der Waals surface area (Å²) < 4.78 is 80.5. The molecule has 2 aliphatic rings. The number of hydrogen-bond acceptors (Lipinski definition) is 5. The zero-order valence-corrected chi connectivity index (χ0v) is 21.6. The molecular formula is C22H18Cl3F4N3O3S. The van der Waals surface area contributed by atoms with Crippen LogP contribution in [-0.4, -0.2) is 50.5 Å². The predicted octanol–water partition coefficient (Wildman–Crippen LogP) is 6.05. The minimum absolute atomic E-state index is 0.0748. The van der Waals surface area contributed by atoms with E-state index in [0.717, 1.165) is 23.3 Å². The molecule has 2 atom stereocenters. The third-order valence-electron chi connectivity index (χ3n) is 6.22. The second-order valence-electron chi connectivity index (χ2n) is 8.95. The van der Waals surface area contributed by atoms with Gasteiger partial charge in [0.25, 0.3) is 0 Å². The van der Waals surface area contributed by atoms with E-state index in [1.807, 2.05) is 0 Å². The second kappa shape index (κ2) is 9.11. The van der Waals surface area contributed by atoms with E-state index < -0.39 is 51.3 Å². The van der Waals surface area contributed by atoms with Gasteiger partial charge >= 0.3 is 6.18 Å². The molecule has 2 aromatic carbocycles. The van der Waals surface area contributed by atoms with Crippen LogP contribution < -0.4 is 0 Å². The third-order valence-corrected chi connectivity index (χ3v) is 8.19. The first-order valence-electron chi connectivity index (χ1n) is 10.4. The molecule has 36 heavy (non-hydrogen) atoms. The quantitative estimate of drug-likeness (QED) is 0.316. The van der Waals surface area contributed by atoms with Crippen molar-refractivity contribution >= 4 is 50.5 Å². The summed E-state index contributed by atoms with van der Waals surface area (Å²) in [6.07, 6.45) is -4.46. The fraction of sp³-hybridized carbons (Fsp3) is 0.409. The van der Waals surface area contributed by atoms with Crippen molar-refractivity contribution in [1.82, 2.24) is 4.90 Å². The van der Waals surface area contributed by atoms with Gasteiger partial charge in [0.05, 0.1) is 34.2 Å². The van der Waals surface area contributed by atoms with Crippen LogP contribution in [0.3, 0.4) is 0 Å². The average molecular weight is 587 g/mol. The molecule has 6 nitrogen and oxygen atoms in total. The highest BCUT2D eigenvalue weighted by Crippen LogP contribution is 2.54. The molecule has 2 aromatic rings. The number of halogens is 7. The van der Waals surface area contributed by atoms with E-state index in [0.29, 0.717) is 5.56 Å². The van der Waals surface area contributed by atoms with Crippen LogP contribution in [0.1, 0.15) is 29.2 Å². The highest BCUT2D eigenvalue weighted by atomic mass is 35.5. The van der Waals surface area contributed by atoms with Crippen LogP contribution in [-0.2, 0) is 25.8 Å². The topological polar surface area (TPSA) is 79.2 Å². The van der Waals surface area contributed by atoms with Gasteiger partial charge in [0.1, 0.15) is 5.75 Å². The van der Waals surface area contributed by atoms with Crippen molar-refractivity contribution in [3.8, 4) is 0 Å². The van der Waals surface area contributed by atoms with Crippen LogP contribution in [0.25, 0.3) is 0 Å². The van der Waals surface area contributed by atoms with Gasteiger partial charge in [-0.2, -0.15) is 23.4 Å². The largest absolute Gasteiger partial charge is 0.419 e. The van der Waals surface area contributed by atoms with Gasteiger partial charge in [-0.3, -0.25) is 4.79 Å². The Balaban J connectivity index is 1.52. The maximum Gasteiger partial charge on any atom is 0.419 e. The minimum Gasteiger partial charge on any atom is -0.335 e. The molecule has 0 radical (unpaired) electrons. The summed E-state index contributed by atoms with van der Waals surface area (Å²) in [5.74, 6) is -1.40. The van der Waals surface area contributed by atoms with Crippen LogP contribution in [0.4, 0.5) is 17.6 Å². The van der Waals surface area contributed by atoms with Crippen molar-refractivity contribution in [3.63, 3.8) is 0 Å². The van der Waals surface area contributed by atoms with Gasteiger partial charge in [0.2, 0.25) is 11.4 Å². The van der Waals surface area contributed by atoms with E-state index >= 15 is 4.39 Å². The standard InChI is InChI=1S/C22H18Cl3F4N3O3S/c1-36(34,35)9-18(33)32-10-20(26,11-32)13-4-2-12(3-5-13)17-8-21(31-30-17,22(27,28)29)14-6-15(23)19(25)16(24)7-14/h2-7,17H,8-11H2,1H3. The molecule has 1 fully saturated rings. The van der Waals surface area contributed by atoms with E-state index in [4.69, 9.17) is 34.8 Å². The smallest absolute Gasteiger partial charge is 0.335 e. The molecule has 14 heteroatoms. The monoisotopic (exact) mass is 585 g/mol. The number of nitrogens with zero attached hydrogens (tertiary/aromatic N) is 3. The fourth-order valence-electron chi connectivity index (χ4n) is 4.26. The minimum atomic E-state index is -4.82. The van der Waals surface area contributed by atoms with E-state index in [2.05, 4.69) is 10.2 Å². The maximum absolute atomic E-state index is 15.2. The predicted molar refractivity (Wildman–Crippen MR) is 127 cm³/mol. The summed E-state index contributed by atoms with van der Waals surface area (Å²) in [5, 5.41) is 7.10. The molecule has 0 saturated carbocycles. The Labute approximate surface area is 219 Å². The van der Waals surface area contributed by atoms with Crippen LogP contribution in [0.15, 0.2) is 46.6 Å². The molecule has 194 valence electrons. The van der Waals surface area contributed by atoms with Gasteiger partial charge < -0.3 is 4.90 Å². The number of hydrogen-bond donors (Lipinski definition) is 0.